The minimum Gasteiger partial charge on any atom is -0.465 e. The fourth-order valence-corrected chi connectivity index (χ4v) is 3.20. The summed E-state index contributed by atoms with van der Waals surface area (Å²) < 4.78 is 4.71. The van der Waals surface area contributed by atoms with Crippen LogP contribution in [0.25, 0.3) is 0 Å². The average molecular weight is 378 g/mol. The molecular formula is C19H20ClNO3S. The Kier molecular flexibility index (Phi) is 7.34. The van der Waals surface area contributed by atoms with Crippen LogP contribution in [-0.2, 0) is 15.3 Å². The molecule has 0 heterocycles. The lowest BCUT2D eigenvalue weighted by Gasteiger charge is -2.14. The van der Waals surface area contributed by atoms with Crippen LogP contribution in [-0.4, -0.2) is 24.7 Å². The zero-order valence-corrected chi connectivity index (χ0v) is 15.7. The molecule has 0 aliphatic heterocycles. The van der Waals surface area contributed by atoms with Crippen LogP contribution >= 0.6 is 23.4 Å². The number of benzene rings is 2. The summed E-state index contributed by atoms with van der Waals surface area (Å²) in [5.41, 5.74) is 2.50. The van der Waals surface area contributed by atoms with Crippen LogP contribution in [0.2, 0.25) is 5.02 Å². The molecule has 2 aromatic carbocycles. The van der Waals surface area contributed by atoms with Gasteiger partial charge in [-0.2, -0.15) is 0 Å². The van der Waals surface area contributed by atoms with Gasteiger partial charge >= 0.3 is 5.97 Å². The molecule has 0 spiro atoms. The van der Waals surface area contributed by atoms with Gasteiger partial charge in [0.05, 0.1) is 24.5 Å². The van der Waals surface area contributed by atoms with Crippen molar-refractivity contribution in [2.45, 2.75) is 18.7 Å². The largest absolute Gasteiger partial charge is 0.465 e. The molecule has 0 aliphatic carbocycles. The van der Waals surface area contributed by atoms with Gasteiger partial charge in [0.2, 0.25) is 5.91 Å². The Morgan fingerprint density at radius 1 is 1.20 bits per heavy atom. The van der Waals surface area contributed by atoms with E-state index in [0.717, 1.165) is 11.1 Å². The summed E-state index contributed by atoms with van der Waals surface area (Å²) in [5, 5.41) is 3.64. The fraction of sp³-hybridized carbons (Fsp3) is 0.263. The standard InChI is InChI=1S/C19H20ClNO3S/c1-13(15-6-8-17(20)9-7-15)21-18(22)12-25-11-14-4-3-5-16(10-14)19(23)24-2/h3-10,13H,11-12H2,1-2H3,(H,21,22)/t13-/m1/s1. The lowest BCUT2D eigenvalue weighted by molar-refractivity contribution is -0.119. The minimum atomic E-state index is -0.360. The Morgan fingerprint density at radius 2 is 1.92 bits per heavy atom. The van der Waals surface area contributed by atoms with Crippen molar-refractivity contribution in [3.05, 3.63) is 70.2 Å². The predicted octanol–water partition coefficient (Wildman–Crippen LogP) is 4.24. The van der Waals surface area contributed by atoms with Crippen molar-refractivity contribution in [2.75, 3.05) is 12.9 Å². The highest BCUT2D eigenvalue weighted by atomic mass is 35.5. The first-order valence-electron chi connectivity index (χ1n) is 7.79. The molecule has 0 radical (unpaired) electrons. The van der Waals surface area contributed by atoms with Crippen molar-refractivity contribution >= 4 is 35.2 Å². The maximum absolute atomic E-state index is 12.1. The Labute approximate surface area is 156 Å². The molecule has 2 rings (SSSR count). The van der Waals surface area contributed by atoms with Crippen LogP contribution in [0.4, 0.5) is 0 Å². The summed E-state index contributed by atoms with van der Waals surface area (Å²) >= 11 is 7.37. The van der Waals surface area contributed by atoms with Gasteiger partial charge in [-0.1, -0.05) is 35.9 Å². The zero-order valence-electron chi connectivity index (χ0n) is 14.1. The third-order valence-corrected chi connectivity index (χ3v) is 4.85. The van der Waals surface area contributed by atoms with E-state index < -0.39 is 0 Å². The molecule has 25 heavy (non-hydrogen) atoms. The molecule has 6 heteroatoms. The Morgan fingerprint density at radius 3 is 2.60 bits per heavy atom. The second kappa shape index (κ2) is 9.49. The number of ether oxygens (including phenoxy) is 1. The third-order valence-electron chi connectivity index (χ3n) is 3.60. The molecule has 132 valence electrons. The molecule has 0 aliphatic rings. The van der Waals surface area contributed by atoms with Crippen molar-refractivity contribution in [2.24, 2.45) is 0 Å². The smallest absolute Gasteiger partial charge is 0.337 e. The summed E-state index contributed by atoms with van der Waals surface area (Å²) in [4.78, 5) is 23.6. The van der Waals surface area contributed by atoms with Gasteiger partial charge in [0.1, 0.15) is 0 Å². The number of methoxy groups -OCH3 is 1. The van der Waals surface area contributed by atoms with E-state index in [2.05, 4.69) is 5.32 Å². The van der Waals surface area contributed by atoms with Gasteiger partial charge in [-0.05, 0) is 42.3 Å². The number of thioether (sulfide) groups is 1. The lowest BCUT2D eigenvalue weighted by Crippen LogP contribution is -2.28. The number of nitrogens with one attached hydrogen (secondary N) is 1. The molecule has 1 amide bonds. The molecule has 0 fully saturated rings. The van der Waals surface area contributed by atoms with Crippen LogP contribution in [0.5, 0.6) is 0 Å². The maximum atomic E-state index is 12.1. The summed E-state index contributed by atoms with van der Waals surface area (Å²) in [7, 11) is 1.36. The van der Waals surface area contributed by atoms with Crippen molar-refractivity contribution in [3.8, 4) is 0 Å². The molecule has 0 saturated heterocycles. The molecule has 1 atom stereocenters. The van der Waals surface area contributed by atoms with Gasteiger partial charge in [0, 0.05) is 10.8 Å². The van der Waals surface area contributed by atoms with E-state index in [4.69, 9.17) is 16.3 Å². The van der Waals surface area contributed by atoms with E-state index >= 15 is 0 Å². The van der Waals surface area contributed by atoms with Gasteiger partial charge in [0.25, 0.3) is 0 Å². The number of carbonyl (C=O) groups excluding carboxylic acids is 2. The molecule has 0 unspecified atom stereocenters. The highest BCUT2D eigenvalue weighted by Gasteiger charge is 2.10. The molecule has 4 nitrogen and oxygen atoms in total. The number of rotatable bonds is 7. The highest BCUT2D eigenvalue weighted by molar-refractivity contribution is 7.99. The van der Waals surface area contributed by atoms with E-state index in [1.165, 1.54) is 18.9 Å². The number of carbonyl (C=O) groups is 2. The fourth-order valence-electron chi connectivity index (χ4n) is 2.29. The Bertz CT molecular complexity index is 734. The van der Waals surface area contributed by atoms with Crippen LogP contribution < -0.4 is 5.32 Å². The Balaban J connectivity index is 1.80. The second-order valence-corrected chi connectivity index (χ2v) is 6.95. The van der Waals surface area contributed by atoms with Crippen LogP contribution in [0.15, 0.2) is 48.5 Å². The number of esters is 1. The summed E-state index contributed by atoms with van der Waals surface area (Å²) in [6.45, 7) is 1.94. The predicted molar refractivity (Wildman–Crippen MR) is 102 cm³/mol. The normalized spacial score (nSPS) is 11.6. The molecule has 2 aromatic rings. The molecule has 1 N–H and O–H groups in total. The first-order valence-corrected chi connectivity index (χ1v) is 9.32. The van der Waals surface area contributed by atoms with E-state index in [9.17, 15) is 9.59 Å². The van der Waals surface area contributed by atoms with Crippen LogP contribution in [0.3, 0.4) is 0 Å². The van der Waals surface area contributed by atoms with Crippen molar-refractivity contribution in [3.63, 3.8) is 0 Å². The van der Waals surface area contributed by atoms with Crippen molar-refractivity contribution in [1.82, 2.24) is 5.32 Å². The van der Waals surface area contributed by atoms with E-state index in [1.807, 2.05) is 43.3 Å². The van der Waals surface area contributed by atoms with Gasteiger partial charge in [-0.3, -0.25) is 4.79 Å². The van der Waals surface area contributed by atoms with Crippen LogP contribution in [0.1, 0.15) is 34.5 Å². The summed E-state index contributed by atoms with van der Waals surface area (Å²) in [6, 6.07) is 14.6. The summed E-state index contributed by atoms with van der Waals surface area (Å²) in [6.07, 6.45) is 0. The topological polar surface area (TPSA) is 55.4 Å². The second-order valence-electron chi connectivity index (χ2n) is 5.53. The number of hydrogen-bond acceptors (Lipinski definition) is 4. The lowest BCUT2D eigenvalue weighted by atomic mass is 10.1. The van der Waals surface area contributed by atoms with Gasteiger partial charge < -0.3 is 10.1 Å². The number of hydrogen-bond donors (Lipinski definition) is 1. The van der Waals surface area contributed by atoms with Gasteiger partial charge in [-0.25, -0.2) is 4.79 Å². The average Bonchev–Trinajstić information content (AvgIpc) is 2.61. The summed E-state index contributed by atoms with van der Waals surface area (Å²) in [5.74, 6) is 0.603. The highest BCUT2D eigenvalue weighted by Crippen LogP contribution is 2.17. The van der Waals surface area contributed by atoms with E-state index in [-0.39, 0.29) is 17.9 Å². The van der Waals surface area contributed by atoms with Crippen molar-refractivity contribution in [1.29, 1.82) is 0 Å². The van der Waals surface area contributed by atoms with Crippen LogP contribution in [0, 0.1) is 0 Å². The number of halogens is 1. The van der Waals surface area contributed by atoms with Gasteiger partial charge in [0.15, 0.2) is 0 Å². The molecule has 0 aromatic heterocycles. The molecular weight excluding hydrogens is 358 g/mol. The monoisotopic (exact) mass is 377 g/mol. The van der Waals surface area contributed by atoms with Gasteiger partial charge in [-0.15, -0.1) is 11.8 Å². The Hall–Kier alpha value is -1.98. The maximum Gasteiger partial charge on any atom is 0.337 e. The number of amides is 1. The SMILES string of the molecule is COC(=O)c1cccc(CSCC(=O)N[C@H](C)c2ccc(Cl)cc2)c1. The van der Waals surface area contributed by atoms with E-state index in [1.54, 1.807) is 12.1 Å². The van der Waals surface area contributed by atoms with Crippen molar-refractivity contribution < 1.29 is 14.3 Å². The van der Waals surface area contributed by atoms with E-state index in [0.29, 0.717) is 22.1 Å². The quantitative estimate of drug-likeness (QED) is 0.733. The molecule has 0 saturated carbocycles. The third kappa shape index (κ3) is 6.11. The first-order chi connectivity index (χ1) is 12.0. The molecule has 0 bridgehead atoms. The first kappa shape index (κ1) is 19.3. The zero-order chi connectivity index (χ0) is 18.2. The minimum absolute atomic E-state index is 0.0310.